The highest BCUT2D eigenvalue weighted by Gasteiger charge is 2.28. The first-order chi connectivity index (χ1) is 8.65. The second-order valence-corrected chi connectivity index (χ2v) is 6.11. The molecule has 1 aliphatic heterocycles. The van der Waals surface area contributed by atoms with Crippen LogP contribution in [0.15, 0.2) is 18.2 Å². The fraction of sp³-hybridized carbons (Fsp3) is 0.600. The van der Waals surface area contributed by atoms with Gasteiger partial charge < -0.3 is 5.32 Å². The average molecular weight is 286 g/mol. The van der Waals surface area contributed by atoms with Gasteiger partial charge in [-0.2, -0.15) is 0 Å². The molecule has 0 saturated carbocycles. The molecule has 1 heterocycles. The van der Waals surface area contributed by atoms with E-state index in [0.717, 1.165) is 19.4 Å². The number of halogens is 2. The zero-order valence-corrected chi connectivity index (χ0v) is 12.4. The lowest BCUT2D eigenvalue weighted by atomic mass is 9.84. The maximum absolute atomic E-state index is 6.10. The molecule has 100 valence electrons. The van der Waals surface area contributed by atoms with Crippen LogP contribution in [0.4, 0.5) is 0 Å². The van der Waals surface area contributed by atoms with Crippen LogP contribution in [0.25, 0.3) is 0 Å². The lowest BCUT2D eigenvalue weighted by Gasteiger charge is -2.33. The Balaban J connectivity index is 2.15. The van der Waals surface area contributed by atoms with E-state index in [1.54, 1.807) is 0 Å². The summed E-state index contributed by atoms with van der Waals surface area (Å²) in [7, 11) is 0. The lowest BCUT2D eigenvalue weighted by molar-refractivity contribution is 0.302. The van der Waals surface area contributed by atoms with Crippen LogP contribution in [0.5, 0.6) is 0 Å². The van der Waals surface area contributed by atoms with Crippen molar-refractivity contribution in [3.63, 3.8) is 0 Å². The van der Waals surface area contributed by atoms with Gasteiger partial charge in [-0.05, 0) is 49.9 Å². The molecule has 0 radical (unpaired) electrons. The highest BCUT2D eigenvalue weighted by molar-refractivity contribution is 6.42. The van der Waals surface area contributed by atoms with Gasteiger partial charge in [0.2, 0.25) is 0 Å². The Morgan fingerprint density at radius 3 is 2.72 bits per heavy atom. The summed E-state index contributed by atoms with van der Waals surface area (Å²) in [6, 6.07) is 6.01. The number of rotatable bonds is 3. The molecule has 18 heavy (non-hydrogen) atoms. The van der Waals surface area contributed by atoms with Crippen LogP contribution < -0.4 is 5.32 Å². The number of benzene rings is 1. The first-order valence-corrected chi connectivity index (χ1v) is 7.60. The summed E-state index contributed by atoms with van der Waals surface area (Å²) >= 11 is 12.1. The van der Waals surface area contributed by atoms with Crippen molar-refractivity contribution in [1.82, 2.24) is 5.32 Å². The molecule has 1 N–H and O–H groups in total. The Kier molecular flexibility index (Phi) is 4.94. The van der Waals surface area contributed by atoms with Crippen LogP contribution >= 0.6 is 23.2 Å². The van der Waals surface area contributed by atoms with E-state index in [1.165, 1.54) is 31.2 Å². The number of hydrogen-bond donors (Lipinski definition) is 1. The third-order valence-corrected chi connectivity index (χ3v) is 4.77. The normalized spacial score (nSPS) is 24.8. The fourth-order valence-electron chi connectivity index (χ4n) is 2.83. The van der Waals surface area contributed by atoms with Gasteiger partial charge in [-0.15, -0.1) is 0 Å². The lowest BCUT2D eigenvalue weighted by Crippen LogP contribution is -2.46. The summed E-state index contributed by atoms with van der Waals surface area (Å²) in [4.78, 5) is 0. The van der Waals surface area contributed by atoms with Gasteiger partial charge in [-0.3, -0.25) is 0 Å². The minimum Gasteiger partial charge on any atom is -0.311 e. The van der Waals surface area contributed by atoms with Crippen molar-refractivity contribution in [1.29, 1.82) is 0 Å². The fourth-order valence-corrected chi connectivity index (χ4v) is 3.15. The van der Waals surface area contributed by atoms with Crippen molar-refractivity contribution in [3.05, 3.63) is 33.8 Å². The molecule has 3 heteroatoms. The third-order valence-electron chi connectivity index (χ3n) is 4.04. The summed E-state index contributed by atoms with van der Waals surface area (Å²) < 4.78 is 0. The van der Waals surface area contributed by atoms with Crippen LogP contribution in [0.2, 0.25) is 10.0 Å². The molecule has 1 atom stereocenters. The summed E-state index contributed by atoms with van der Waals surface area (Å²) in [6.45, 7) is 3.41. The molecular weight excluding hydrogens is 265 g/mol. The molecule has 0 aliphatic carbocycles. The molecule has 1 nitrogen and oxygen atoms in total. The van der Waals surface area contributed by atoms with Crippen molar-refractivity contribution >= 4 is 23.2 Å². The molecule has 1 aromatic carbocycles. The Hall–Kier alpha value is -0.240. The van der Waals surface area contributed by atoms with E-state index in [0.29, 0.717) is 10.0 Å². The number of hydrogen-bond acceptors (Lipinski definition) is 1. The quantitative estimate of drug-likeness (QED) is 0.837. The Labute approximate surface area is 120 Å². The van der Waals surface area contributed by atoms with Gasteiger partial charge in [0.15, 0.2) is 0 Å². The first-order valence-electron chi connectivity index (χ1n) is 6.84. The molecule has 0 spiro atoms. The SMILES string of the molecule is CCC1(Cc2ccc(Cl)c(Cl)c2)CCCCCN1. The molecular formula is C15H21Cl2N. The van der Waals surface area contributed by atoms with Crippen molar-refractivity contribution in [2.45, 2.75) is 51.0 Å². The smallest absolute Gasteiger partial charge is 0.0595 e. The van der Waals surface area contributed by atoms with E-state index in [4.69, 9.17) is 23.2 Å². The molecule has 1 unspecified atom stereocenters. The first kappa shape index (κ1) is 14.2. The van der Waals surface area contributed by atoms with E-state index >= 15 is 0 Å². The predicted molar refractivity (Wildman–Crippen MR) is 79.7 cm³/mol. The van der Waals surface area contributed by atoms with Gasteiger partial charge in [0.25, 0.3) is 0 Å². The third kappa shape index (κ3) is 3.40. The predicted octanol–water partition coefficient (Wildman–Crippen LogP) is 4.85. The van der Waals surface area contributed by atoms with Gasteiger partial charge in [0.1, 0.15) is 0 Å². The zero-order valence-electron chi connectivity index (χ0n) is 10.9. The second-order valence-electron chi connectivity index (χ2n) is 5.30. The number of nitrogens with one attached hydrogen (secondary N) is 1. The van der Waals surface area contributed by atoms with Crippen LogP contribution in [0.1, 0.15) is 44.6 Å². The molecule has 2 rings (SSSR count). The van der Waals surface area contributed by atoms with Gasteiger partial charge >= 0.3 is 0 Å². The van der Waals surface area contributed by atoms with E-state index < -0.39 is 0 Å². The second kappa shape index (κ2) is 6.27. The van der Waals surface area contributed by atoms with E-state index in [2.05, 4.69) is 18.3 Å². The van der Waals surface area contributed by atoms with Crippen molar-refractivity contribution in [2.75, 3.05) is 6.54 Å². The highest BCUT2D eigenvalue weighted by atomic mass is 35.5. The van der Waals surface area contributed by atoms with E-state index in [9.17, 15) is 0 Å². The van der Waals surface area contributed by atoms with Crippen LogP contribution in [0, 0.1) is 0 Å². The summed E-state index contributed by atoms with van der Waals surface area (Å²) in [5, 5.41) is 5.05. The molecule has 0 bridgehead atoms. The zero-order chi connectivity index (χ0) is 13.0. The van der Waals surface area contributed by atoms with Crippen LogP contribution in [-0.4, -0.2) is 12.1 Å². The Morgan fingerprint density at radius 2 is 2.00 bits per heavy atom. The van der Waals surface area contributed by atoms with Crippen molar-refractivity contribution in [3.8, 4) is 0 Å². The summed E-state index contributed by atoms with van der Waals surface area (Å²) in [5.41, 5.74) is 1.52. The maximum Gasteiger partial charge on any atom is 0.0595 e. The van der Waals surface area contributed by atoms with Crippen LogP contribution in [0.3, 0.4) is 0 Å². The average Bonchev–Trinajstić information content (AvgIpc) is 2.60. The maximum atomic E-state index is 6.10. The highest BCUT2D eigenvalue weighted by Crippen LogP contribution is 2.29. The largest absolute Gasteiger partial charge is 0.311 e. The monoisotopic (exact) mass is 285 g/mol. The van der Waals surface area contributed by atoms with Crippen molar-refractivity contribution in [2.24, 2.45) is 0 Å². The Bertz CT molecular complexity index is 395. The summed E-state index contributed by atoms with van der Waals surface area (Å²) in [5.74, 6) is 0. The minimum atomic E-state index is 0.244. The van der Waals surface area contributed by atoms with Crippen LogP contribution in [-0.2, 0) is 6.42 Å². The topological polar surface area (TPSA) is 12.0 Å². The summed E-state index contributed by atoms with van der Waals surface area (Å²) in [6.07, 6.45) is 7.42. The van der Waals surface area contributed by atoms with E-state index in [1.807, 2.05) is 12.1 Å². The molecule has 1 aromatic rings. The van der Waals surface area contributed by atoms with Gasteiger partial charge in [-0.25, -0.2) is 0 Å². The van der Waals surface area contributed by atoms with Crippen molar-refractivity contribution < 1.29 is 0 Å². The van der Waals surface area contributed by atoms with Gasteiger partial charge in [0, 0.05) is 5.54 Å². The molecule has 0 amide bonds. The van der Waals surface area contributed by atoms with Gasteiger partial charge in [0.05, 0.1) is 10.0 Å². The molecule has 1 saturated heterocycles. The minimum absolute atomic E-state index is 0.244. The standard InChI is InChI=1S/C15H21Cl2N/c1-2-15(8-4-3-5-9-18-15)11-12-6-7-13(16)14(17)10-12/h6-7,10,18H,2-5,8-9,11H2,1H3. The molecule has 0 aromatic heterocycles. The Morgan fingerprint density at radius 1 is 1.17 bits per heavy atom. The molecule has 1 aliphatic rings. The van der Waals surface area contributed by atoms with E-state index in [-0.39, 0.29) is 5.54 Å². The molecule has 1 fully saturated rings. The van der Waals surface area contributed by atoms with Gasteiger partial charge in [-0.1, -0.05) is 49.0 Å².